The summed E-state index contributed by atoms with van der Waals surface area (Å²) in [5.74, 6) is -1.23. The van der Waals surface area contributed by atoms with Crippen LogP contribution in [0.5, 0.6) is 0 Å². The number of amides is 1. The third-order valence-electron chi connectivity index (χ3n) is 4.11. The lowest BCUT2D eigenvalue weighted by Crippen LogP contribution is -2.43. The van der Waals surface area contributed by atoms with Crippen molar-refractivity contribution in [3.63, 3.8) is 0 Å². The summed E-state index contributed by atoms with van der Waals surface area (Å²) in [7, 11) is 0. The SMILES string of the molecule is CC(C)n1cnnc1SCC(=O)N[C@H]1CCCCC[C@H]1C(=O)O. The minimum absolute atomic E-state index is 0.147. The van der Waals surface area contributed by atoms with Gasteiger partial charge in [-0.1, -0.05) is 31.0 Å². The molecule has 0 spiro atoms. The molecule has 0 saturated heterocycles. The van der Waals surface area contributed by atoms with E-state index in [9.17, 15) is 14.7 Å². The number of hydrogen-bond acceptors (Lipinski definition) is 5. The van der Waals surface area contributed by atoms with Crippen LogP contribution in [-0.2, 0) is 9.59 Å². The molecule has 1 aromatic rings. The van der Waals surface area contributed by atoms with Gasteiger partial charge in [-0.2, -0.15) is 0 Å². The Hall–Kier alpha value is -1.57. The van der Waals surface area contributed by atoms with E-state index in [4.69, 9.17) is 0 Å². The van der Waals surface area contributed by atoms with Gasteiger partial charge < -0.3 is 15.0 Å². The molecule has 1 aromatic heterocycles. The molecule has 1 amide bonds. The normalized spacial score (nSPS) is 21.9. The molecule has 0 aromatic carbocycles. The second-order valence-electron chi connectivity index (χ2n) is 6.16. The zero-order valence-electron chi connectivity index (χ0n) is 13.6. The maximum Gasteiger partial charge on any atom is 0.308 e. The zero-order valence-corrected chi connectivity index (χ0v) is 14.4. The molecule has 2 N–H and O–H groups in total. The van der Waals surface area contributed by atoms with Gasteiger partial charge in [-0.3, -0.25) is 9.59 Å². The third kappa shape index (κ3) is 4.95. The first-order valence-electron chi connectivity index (χ1n) is 8.03. The van der Waals surface area contributed by atoms with Gasteiger partial charge in [0.1, 0.15) is 6.33 Å². The number of aliphatic carboxylic acids is 1. The summed E-state index contributed by atoms with van der Waals surface area (Å²) in [4.78, 5) is 23.6. The Morgan fingerprint density at radius 3 is 2.83 bits per heavy atom. The van der Waals surface area contributed by atoms with Crippen LogP contribution in [0.1, 0.15) is 52.0 Å². The number of thioether (sulfide) groups is 1. The molecule has 1 heterocycles. The maximum atomic E-state index is 12.2. The third-order valence-corrected chi connectivity index (χ3v) is 5.07. The topological polar surface area (TPSA) is 97.1 Å². The molecule has 0 radical (unpaired) electrons. The predicted octanol–water partition coefficient (Wildman–Crippen LogP) is 2.10. The highest BCUT2D eigenvalue weighted by atomic mass is 32.2. The van der Waals surface area contributed by atoms with Gasteiger partial charge in [0.2, 0.25) is 5.91 Å². The average Bonchev–Trinajstić information content (AvgIpc) is 2.84. The molecule has 128 valence electrons. The van der Waals surface area contributed by atoms with Crippen LogP contribution in [0.4, 0.5) is 0 Å². The van der Waals surface area contributed by atoms with E-state index < -0.39 is 11.9 Å². The van der Waals surface area contributed by atoms with E-state index in [1.165, 1.54) is 11.8 Å². The highest BCUT2D eigenvalue weighted by Gasteiger charge is 2.30. The first-order chi connectivity index (χ1) is 11.0. The van der Waals surface area contributed by atoms with Crippen molar-refractivity contribution in [1.82, 2.24) is 20.1 Å². The van der Waals surface area contributed by atoms with Crippen LogP contribution in [0.25, 0.3) is 0 Å². The molecule has 0 bridgehead atoms. The molecule has 0 aliphatic heterocycles. The second kappa shape index (κ2) is 8.33. The molecule has 23 heavy (non-hydrogen) atoms. The minimum atomic E-state index is -0.815. The fourth-order valence-electron chi connectivity index (χ4n) is 2.84. The van der Waals surface area contributed by atoms with Crippen LogP contribution in [0.3, 0.4) is 0 Å². The molecule has 0 unspecified atom stereocenters. The van der Waals surface area contributed by atoms with Crippen molar-refractivity contribution in [2.24, 2.45) is 5.92 Å². The van der Waals surface area contributed by atoms with Gasteiger partial charge in [-0.05, 0) is 26.7 Å². The summed E-state index contributed by atoms with van der Waals surface area (Å²) in [6.07, 6.45) is 5.92. The van der Waals surface area contributed by atoms with Crippen LogP contribution in [-0.4, -0.2) is 43.5 Å². The van der Waals surface area contributed by atoms with Crippen molar-refractivity contribution >= 4 is 23.6 Å². The quantitative estimate of drug-likeness (QED) is 0.608. The Kier molecular flexibility index (Phi) is 6.44. The van der Waals surface area contributed by atoms with E-state index in [1.54, 1.807) is 6.33 Å². The van der Waals surface area contributed by atoms with E-state index >= 15 is 0 Å². The van der Waals surface area contributed by atoms with E-state index in [1.807, 2.05) is 18.4 Å². The summed E-state index contributed by atoms with van der Waals surface area (Å²) >= 11 is 1.32. The van der Waals surface area contributed by atoms with Crippen molar-refractivity contribution < 1.29 is 14.7 Å². The van der Waals surface area contributed by atoms with E-state index in [2.05, 4.69) is 15.5 Å². The molecule has 1 aliphatic carbocycles. The molecule has 7 nitrogen and oxygen atoms in total. The molecule has 1 saturated carbocycles. The van der Waals surface area contributed by atoms with Gasteiger partial charge in [0.25, 0.3) is 0 Å². The summed E-state index contributed by atoms with van der Waals surface area (Å²) in [5.41, 5.74) is 0. The predicted molar refractivity (Wildman–Crippen MR) is 87.3 cm³/mol. The Morgan fingerprint density at radius 2 is 2.13 bits per heavy atom. The lowest BCUT2D eigenvalue weighted by molar-refractivity contribution is -0.143. The number of carboxylic acids is 1. The number of carbonyl (C=O) groups is 2. The number of aromatic nitrogens is 3. The standard InChI is InChI=1S/C15H24N4O3S/c1-10(2)19-9-16-18-15(19)23-8-13(20)17-12-7-5-3-4-6-11(12)14(21)22/h9-12H,3-8H2,1-2H3,(H,17,20)(H,21,22)/t11-,12+/m1/s1. The van der Waals surface area contributed by atoms with Gasteiger partial charge in [0, 0.05) is 12.1 Å². The molecular formula is C15H24N4O3S. The highest BCUT2D eigenvalue weighted by Crippen LogP contribution is 2.24. The fraction of sp³-hybridized carbons (Fsp3) is 0.733. The highest BCUT2D eigenvalue weighted by molar-refractivity contribution is 7.99. The molecule has 8 heteroatoms. The zero-order chi connectivity index (χ0) is 16.8. The summed E-state index contributed by atoms with van der Waals surface area (Å²) < 4.78 is 1.91. The van der Waals surface area contributed by atoms with Crippen molar-refractivity contribution in [2.45, 2.75) is 63.2 Å². The first-order valence-corrected chi connectivity index (χ1v) is 9.02. The first kappa shape index (κ1) is 17.8. The lowest BCUT2D eigenvalue weighted by Gasteiger charge is -2.22. The molecule has 1 fully saturated rings. The van der Waals surface area contributed by atoms with E-state index in [0.717, 1.165) is 25.7 Å². The van der Waals surface area contributed by atoms with E-state index in [-0.39, 0.29) is 23.7 Å². The van der Waals surface area contributed by atoms with Crippen molar-refractivity contribution in [3.8, 4) is 0 Å². The number of rotatable bonds is 6. The van der Waals surface area contributed by atoms with E-state index in [0.29, 0.717) is 11.6 Å². The molecule has 2 rings (SSSR count). The largest absolute Gasteiger partial charge is 0.481 e. The Morgan fingerprint density at radius 1 is 1.39 bits per heavy atom. The van der Waals surface area contributed by atoms with Crippen molar-refractivity contribution in [1.29, 1.82) is 0 Å². The molecule has 1 aliphatic rings. The maximum absolute atomic E-state index is 12.2. The number of hydrogen-bond donors (Lipinski definition) is 2. The van der Waals surface area contributed by atoms with Crippen LogP contribution in [0.15, 0.2) is 11.5 Å². The van der Waals surface area contributed by atoms with Crippen LogP contribution in [0.2, 0.25) is 0 Å². The molecule has 2 atom stereocenters. The number of nitrogens with one attached hydrogen (secondary N) is 1. The summed E-state index contributed by atoms with van der Waals surface area (Å²) in [6.45, 7) is 4.05. The van der Waals surface area contributed by atoms with Crippen molar-refractivity contribution in [2.75, 3.05) is 5.75 Å². The monoisotopic (exact) mass is 340 g/mol. The number of nitrogens with zero attached hydrogens (tertiary/aromatic N) is 3. The minimum Gasteiger partial charge on any atom is -0.481 e. The van der Waals surface area contributed by atoms with Gasteiger partial charge in [-0.15, -0.1) is 10.2 Å². The number of carbonyl (C=O) groups excluding carboxylic acids is 1. The van der Waals surface area contributed by atoms with Crippen LogP contribution in [0, 0.1) is 5.92 Å². The smallest absolute Gasteiger partial charge is 0.308 e. The van der Waals surface area contributed by atoms with Crippen molar-refractivity contribution in [3.05, 3.63) is 6.33 Å². The van der Waals surface area contributed by atoms with Crippen LogP contribution >= 0.6 is 11.8 Å². The number of carboxylic acid groups (broad SMARTS) is 1. The van der Waals surface area contributed by atoms with Gasteiger partial charge in [0.15, 0.2) is 5.16 Å². The molecular weight excluding hydrogens is 316 g/mol. The Labute approximate surface area is 140 Å². The van der Waals surface area contributed by atoms with Gasteiger partial charge >= 0.3 is 5.97 Å². The second-order valence-corrected chi connectivity index (χ2v) is 7.10. The Bertz CT molecular complexity index is 547. The summed E-state index contributed by atoms with van der Waals surface area (Å²) in [5, 5.41) is 20.8. The van der Waals surface area contributed by atoms with Gasteiger partial charge in [0.05, 0.1) is 11.7 Å². The Balaban J connectivity index is 1.90. The lowest BCUT2D eigenvalue weighted by atomic mass is 9.95. The summed E-state index contributed by atoms with van der Waals surface area (Å²) in [6, 6.07) is -0.0418. The van der Waals surface area contributed by atoms with Gasteiger partial charge in [-0.25, -0.2) is 0 Å². The van der Waals surface area contributed by atoms with Crippen LogP contribution < -0.4 is 5.32 Å². The average molecular weight is 340 g/mol. The fourth-order valence-corrected chi connectivity index (χ4v) is 3.70.